The molecule has 0 aromatic heterocycles. The number of benzene rings is 1. The Balaban J connectivity index is 2.22. The molecular weight excluding hydrogens is 326 g/mol. The SMILES string of the molecule is CCC1(C)CN(Cc2c(F)ccc(Br)c2F)C(C)CN1. The Morgan fingerprint density at radius 1 is 1.45 bits per heavy atom. The molecule has 0 aliphatic carbocycles. The van der Waals surface area contributed by atoms with Crippen LogP contribution in [0.15, 0.2) is 16.6 Å². The summed E-state index contributed by atoms with van der Waals surface area (Å²) in [6.45, 7) is 8.28. The van der Waals surface area contributed by atoms with Crippen LogP contribution in [0.1, 0.15) is 32.8 Å². The Morgan fingerprint density at radius 2 is 2.15 bits per heavy atom. The van der Waals surface area contributed by atoms with Crippen molar-refractivity contribution in [1.82, 2.24) is 10.2 Å². The first-order valence-electron chi connectivity index (χ1n) is 6.98. The number of halogens is 3. The van der Waals surface area contributed by atoms with Gasteiger partial charge in [-0.15, -0.1) is 0 Å². The van der Waals surface area contributed by atoms with Gasteiger partial charge >= 0.3 is 0 Å². The molecule has 2 atom stereocenters. The number of nitrogens with zero attached hydrogens (tertiary/aromatic N) is 1. The fourth-order valence-electron chi connectivity index (χ4n) is 2.55. The van der Waals surface area contributed by atoms with Crippen molar-refractivity contribution >= 4 is 15.9 Å². The number of nitrogens with one attached hydrogen (secondary N) is 1. The van der Waals surface area contributed by atoms with Gasteiger partial charge in [-0.1, -0.05) is 6.92 Å². The third kappa shape index (κ3) is 3.21. The molecule has 20 heavy (non-hydrogen) atoms. The fraction of sp³-hybridized carbons (Fsp3) is 0.600. The average molecular weight is 347 g/mol. The van der Waals surface area contributed by atoms with Gasteiger partial charge in [0.05, 0.1) is 4.47 Å². The van der Waals surface area contributed by atoms with Crippen LogP contribution in [-0.4, -0.2) is 29.6 Å². The summed E-state index contributed by atoms with van der Waals surface area (Å²) >= 11 is 3.12. The van der Waals surface area contributed by atoms with Gasteiger partial charge in [-0.3, -0.25) is 4.90 Å². The van der Waals surface area contributed by atoms with E-state index in [0.29, 0.717) is 11.0 Å². The minimum Gasteiger partial charge on any atom is -0.309 e. The summed E-state index contributed by atoms with van der Waals surface area (Å²) in [6, 6.07) is 2.98. The molecule has 1 fully saturated rings. The zero-order chi connectivity index (χ0) is 14.9. The standard InChI is InChI=1S/C15H21BrF2N2/c1-4-15(3)9-20(10(2)7-19-15)8-11-13(17)6-5-12(16)14(11)18/h5-6,10,19H,4,7-9H2,1-3H3. The maximum atomic E-state index is 14.1. The maximum absolute atomic E-state index is 14.1. The second-order valence-electron chi connectivity index (χ2n) is 5.87. The van der Waals surface area contributed by atoms with E-state index in [9.17, 15) is 8.78 Å². The zero-order valence-corrected chi connectivity index (χ0v) is 13.7. The van der Waals surface area contributed by atoms with E-state index in [4.69, 9.17) is 0 Å². The fourth-order valence-corrected chi connectivity index (χ4v) is 2.92. The summed E-state index contributed by atoms with van der Waals surface area (Å²) < 4.78 is 28.3. The Morgan fingerprint density at radius 3 is 2.80 bits per heavy atom. The minimum atomic E-state index is -0.492. The van der Waals surface area contributed by atoms with E-state index in [1.54, 1.807) is 0 Å². The zero-order valence-electron chi connectivity index (χ0n) is 12.1. The van der Waals surface area contributed by atoms with Crippen LogP contribution >= 0.6 is 15.9 Å². The normalized spacial score (nSPS) is 27.8. The van der Waals surface area contributed by atoms with E-state index >= 15 is 0 Å². The Bertz CT molecular complexity index is 495. The third-order valence-electron chi connectivity index (χ3n) is 4.28. The van der Waals surface area contributed by atoms with Crippen LogP contribution in [0.3, 0.4) is 0 Å². The molecule has 1 aromatic carbocycles. The van der Waals surface area contributed by atoms with Crippen molar-refractivity contribution in [2.24, 2.45) is 0 Å². The lowest BCUT2D eigenvalue weighted by Gasteiger charge is -2.45. The summed E-state index contributed by atoms with van der Waals surface area (Å²) in [7, 11) is 0. The summed E-state index contributed by atoms with van der Waals surface area (Å²) in [5, 5.41) is 3.51. The van der Waals surface area contributed by atoms with Crippen molar-refractivity contribution in [2.45, 2.75) is 45.3 Å². The van der Waals surface area contributed by atoms with Crippen molar-refractivity contribution in [3.63, 3.8) is 0 Å². The topological polar surface area (TPSA) is 15.3 Å². The van der Waals surface area contributed by atoms with E-state index in [1.807, 2.05) is 0 Å². The summed E-state index contributed by atoms with van der Waals surface area (Å²) in [5.74, 6) is -0.969. The summed E-state index contributed by atoms with van der Waals surface area (Å²) in [5.41, 5.74) is 0.150. The molecule has 2 nitrogen and oxygen atoms in total. The third-order valence-corrected chi connectivity index (χ3v) is 4.89. The predicted molar refractivity (Wildman–Crippen MR) is 80.6 cm³/mol. The summed E-state index contributed by atoms with van der Waals surface area (Å²) in [6.07, 6.45) is 0.986. The highest BCUT2D eigenvalue weighted by Gasteiger charge is 2.33. The second-order valence-corrected chi connectivity index (χ2v) is 6.73. The molecule has 2 unspecified atom stereocenters. The quantitative estimate of drug-likeness (QED) is 0.839. The molecule has 1 saturated heterocycles. The minimum absolute atomic E-state index is 0.00543. The van der Waals surface area contributed by atoms with Crippen molar-refractivity contribution in [3.8, 4) is 0 Å². The molecular formula is C15H21BrF2N2. The number of piperazine rings is 1. The van der Waals surface area contributed by atoms with Crippen LogP contribution in [0.4, 0.5) is 8.78 Å². The molecule has 1 aliphatic heterocycles. The molecule has 1 N–H and O–H groups in total. The molecule has 1 aromatic rings. The van der Waals surface area contributed by atoms with Crippen LogP contribution in [0.2, 0.25) is 0 Å². The number of rotatable bonds is 3. The first-order valence-corrected chi connectivity index (χ1v) is 7.77. The number of hydrogen-bond donors (Lipinski definition) is 1. The Labute approximate surface area is 127 Å². The monoisotopic (exact) mass is 346 g/mol. The van der Waals surface area contributed by atoms with Gasteiger partial charge in [0.2, 0.25) is 0 Å². The van der Waals surface area contributed by atoms with E-state index in [0.717, 1.165) is 19.5 Å². The van der Waals surface area contributed by atoms with Crippen LogP contribution in [0.5, 0.6) is 0 Å². The highest BCUT2D eigenvalue weighted by Crippen LogP contribution is 2.26. The van der Waals surface area contributed by atoms with Gasteiger partial charge in [0, 0.05) is 36.8 Å². The van der Waals surface area contributed by atoms with Gasteiger partial charge in [-0.05, 0) is 48.3 Å². The van der Waals surface area contributed by atoms with Gasteiger partial charge in [-0.25, -0.2) is 8.78 Å². The van der Waals surface area contributed by atoms with Crippen LogP contribution in [-0.2, 0) is 6.54 Å². The van der Waals surface area contributed by atoms with Gasteiger partial charge in [0.1, 0.15) is 11.6 Å². The average Bonchev–Trinajstić information content (AvgIpc) is 2.43. The smallest absolute Gasteiger partial charge is 0.144 e. The van der Waals surface area contributed by atoms with Crippen molar-refractivity contribution in [3.05, 3.63) is 33.8 Å². The molecule has 5 heteroatoms. The molecule has 0 saturated carbocycles. The molecule has 1 aliphatic rings. The molecule has 2 rings (SSSR count). The Hall–Kier alpha value is -0.520. The van der Waals surface area contributed by atoms with Gasteiger partial charge in [0.15, 0.2) is 0 Å². The molecule has 0 radical (unpaired) electrons. The molecule has 112 valence electrons. The lowest BCUT2D eigenvalue weighted by Crippen LogP contribution is -2.61. The van der Waals surface area contributed by atoms with Crippen molar-refractivity contribution in [1.29, 1.82) is 0 Å². The van der Waals surface area contributed by atoms with Gasteiger partial charge < -0.3 is 5.32 Å². The molecule has 1 heterocycles. The summed E-state index contributed by atoms with van der Waals surface area (Å²) in [4.78, 5) is 2.15. The lowest BCUT2D eigenvalue weighted by molar-refractivity contribution is 0.0844. The van der Waals surface area contributed by atoms with E-state index in [1.165, 1.54) is 12.1 Å². The Kier molecular flexibility index (Phi) is 4.82. The van der Waals surface area contributed by atoms with Crippen LogP contribution in [0, 0.1) is 11.6 Å². The van der Waals surface area contributed by atoms with Gasteiger partial charge in [-0.2, -0.15) is 0 Å². The molecule has 0 spiro atoms. The first kappa shape index (κ1) is 15.9. The predicted octanol–water partition coefficient (Wildman–Crippen LogP) is 3.69. The first-order chi connectivity index (χ1) is 9.36. The van der Waals surface area contributed by atoms with Crippen LogP contribution in [0.25, 0.3) is 0 Å². The van der Waals surface area contributed by atoms with Crippen molar-refractivity contribution in [2.75, 3.05) is 13.1 Å². The largest absolute Gasteiger partial charge is 0.309 e. The van der Waals surface area contributed by atoms with E-state index in [2.05, 4.69) is 46.9 Å². The van der Waals surface area contributed by atoms with E-state index < -0.39 is 11.6 Å². The second kappa shape index (κ2) is 6.08. The maximum Gasteiger partial charge on any atom is 0.144 e. The van der Waals surface area contributed by atoms with Gasteiger partial charge in [0.25, 0.3) is 0 Å². The molecule has 0 amide bonds. The highest BCUT2D eigenvalue weighted by atomic mass is 79.9. The van der Waals surface area contributed by atoms with E-state index in [-0.39, 0.29) is 17.1 Å². The molecule has 0 bridgehead atoms. The number of hydrogen-bond acceptors (Lipinski definition) is 2. The van der Waals surface area contributed by atoms with Crippen LogP contribution < -0.4 is 5.32 Å². The lowest BCUT2D eigenvalue weighted by atomic mass is 9.93. The van der Waals surface area contributed by atoms with Crippen molar-refractivity contribution < 1.29 is 8.78 Å². The highest BCUT2D eigenvalue weighted by molar-refractivity contribution is 9.10.